The Morgan fingerprint density at radius 1 is 1.00 bits per heavy atom. The van der Waals surface area contributed by atoms with Gasteiger partial charge >= 0.3 is 0 Å². The quantitative estimate of drug-likeness (QED) is 0.810. The van der Waals surface area contributed by atoms with Crippen LogP contribution in [0.5, 0.6) is 0 Å². The normalized spacial score (nSPS) is 17.5. The molecule has 90 valence electrons. The first-order valence-corrected chi connectivity index (χ1v) is 7.36. The van der Waals surface area contributed by atoms with Gasteiger partial charge in [-0.2, -0.15) is 0 Å². The maximum Gasteiger partial charge on any atom is 0.193 e. The Balaban J connectivity index is 1.82. The minimum Gasteiger partial charge on any atom is -0.348 e. The predicted octanol–water partition coefficient (Wildman–Crippen LogP) is 4.22. The smallest absolute Gasteiger partial charge is 0.193 e. The average molecular weight is 266 g/mol. The standard InChI is InChI=1S/C13H14O2S2/c1-9-3-4-10(16-9)11-5-6-12(17-11)13-14-7-2-8-15-13/h3-6,13H,2,7-8H2,1H3. The van der Waals surface area contributed by atoms with Crippen LogP contribution in [-0.4, -0.2) is 13.2 Å². The summed E-state index contributed by atoms with van der Waals surface area (Å²) in [5, 5.41) is 0. The van der Waals surface area contributed by atoms with Gasteiger partial charge in [0.1, 0.15) is 0 Å². The highest BCUT2D eigenvalue weighted by atomic mass is 32.1. The van der Waals surface area contributed by atoms with E-state index in [1.165, 1.54) is 19.5 Å². The Kier molecular flexibility index (Phi) is 3.29. The molecule has 0 aromatic carbocycles. The van der Waals surface area contributed by atoms with Crippen molar-refractivity contribution >= 4 is 22.7 Å². The van der Waals surface area contributed by atoms with Gasteiger partial charge in [0.25, 0.3) is 0 Å². The lowest BCUT2D eigenvalue weighted by atomic mass is 10.3. The number of hydrogen-bond acceptors (Lipinski definition) is 4. The molecule has 1 aliphatic rings. The third-order valence-electron chi connectivity index (χ3n) is 2.67. The molecular formula is C13H14O2S2. The molecule has 2 aromatic heterocycles. The van der Waals surface area contributed by atoms with Crippen molar-refractivity contribution in [2.45, 2.75) is 19.6 Å². The van der Waals surface area contributed by atoms with Crippen molar-refractivity contribution < 1.29 is 9.47 Å². The largest absolute Gasteiger partial charge is 0.348 e. The molecule has 1 fully saturated rings. The lowest BCUT2D eigenvalue weighted by Gasteiger charge is -2.21. The fourth-order valence-electron chi connectivity index (χ4n) is 1.83. The summed E-state index contributed by atoms with van der Waals surface area (Å²) >= 11 is 3.60. The van der Waals surface area contributed by atoms with Crippen LogP contribution in [0.25, 0.3) is 9.75 Å². The van der Waals surface area contributed by atoms with Crippen molar-refractivity contribution in [2.75, 3.05) is 13.2 Å². The van der Waals surface area contributed by atoms with Gasteiger partial charge in [0.2, 0.25) is 0 Å². The summed E-state index contributed by atoms with van der Waals surface area (Å²) < 4.78 is 11.2. The van der Waals surface area contributed by atoms with Crippen molar-refractivity contribution in [3.63, 3.8) is 0 Å². The van der Waals surface area contributed by atoms with E-state index >= 15 is 0 Å². The molecule has 1 saturated heterocycles. The van der Waals surface area contributed by atoms with E-state index in [1.54, 1.807) is 11.3 Å². The van der Waals surface area contributed by atoms with Crippen LogP contribution in [-0.2, 0) is 9.47 Å². The predicted molar refractivity (Wildman–Crippen MR) is 71.6 cm³/mol. The molecule has 0 aliphatic carbocycles. The Hall–Kier alpha value is -0.680. The summed E-state index contributed by atoms with van der Waals surface area (Å²) in [6, 6.07) is 8.61. The zero-order valence-corrected chi connectivity index (χ0v) is 11.3. The molecule has 0 N–H and O–H groups in total. The van der Waals surface area contributed by atoms with E-state index in [2.05, 4.69) is 31.2 Å². The van der Waals surface area contributed by atoms with Gasteiger partial charge in [-0.1, -0.05) is 0 Å². The molecule has 3 rings (SSSR count). The van der Waals surface area contributed by atoms with Crippen molar-refractivity contribution in [3.8, 4) is 9.75 Å². The van der Waals surface area contributed by atoms with Crippen LogP contribution in [0.3, 0.4) is 0 Å². The van der Waals surface area contributed by atoms with Crippen LogP contribution >= 0.6 is 22.7 Å². The van der Waals surface area contributed by atoms with Gasteiger partial charge in [-0.15, -0.1) is 22.7 Å². The van der Waals surface area contributed by atoms with Crippen molar-refractivity contribution in [3.05, 3.63) is 34.0 Å². The SMILES string of the molecule is Cc1ccc(-c2ccc(C3OCCCO3)s2)s1. The highest BCUT2D eigenvalue weighted by Crippen LogP contribution is 2.37. The fourth-order valence-corrected chi connectivity index (χ4v) is 3.80. The highest BCUT2D eigenvalue weighted by Gasteiger charge is 2.19. The topological polar surface area (TPSA) is 18.5 Å². The second kappa shape index (κ2) is 4.90. The molecule has 0 unspecified atom stereocenters. The van der Waals surface area contributed by atoms with Crippen LogP contribution in [0.2, 0.25) is 0 Å². The fraction of sp³-hybridized carbons (Fsp3) is 0.385. The van der Waals surface area contributed by atoms with Gasteiger partial charge in [-0.25, -0.2) is 0 Å². The van der Waals surface area contributed by atoms with E-state index < -0.39 is 0 Å². The second-order valence-corrected chi connectivity index (χ2v) is 6.44. The van der Waals surface area contributed by atoms with Crippen molar-refractivity contribution in [2.24, 2.45) is 0 Å². The molecule has 0 saturated carbocycles. The van der Waals surface area contributed by atoms with Crippen LogP contribution in [0.1, 0.15) is 22.5 Å². The van der Waals surface area contributed by atoms with E-state index in [0.717, 1.165) is 19.6 Å². The van der Waals surface area contributed by atoms with Gasteiger partial charge < -0.3 is 9.47 Å². The maximum absolute atomic E-state index is 5.61. The first-order valence-electron chi connectivity index (χ1n) is 5.73. The molecule has 0 spiro atoms. The third kappa shape index (κ3) is 2.45. The molecule has 0 amide bonds. The van der Waals surface area contributed by atoms with Crippen LogP contribution in [0.15, 0.2) is 24.3 Å². The number of hydrogen-bond donors (Lipinski definition) is 0. The minimum atomic E-state index is -0.149. The molecule has 2 nitrogen and oxygen atoms in total. The summed E-state index contributed by atoms with van der Waals surface area (Å²) in [6.45, 7) is 3.74. The first kappa shape index (κ1) is 11.4. The zero-order valence-electron chi connectivity index (χ0n) is 9.64. The van der Waals surface area contributed by atoms with E-state index in [0.29, 0.717) is 0 Å². The average Bonchev–Trinajstić information content (AvgIpc) is 2.98. The van der Waals surface area contributed by atoms with Crippen LogP contribution < -0.4 is 0 Å². The summed E-state index contributed by atoms with van der Waals surface area (Å²) in [6.07, 6.45) is 0.849. The van der Waals surface area contributed by atoms with Gasteiger partial charge in [-0.3, -0.25) is 0 Å². The van der Waals surface area contributed by atoms with Crippen LogP contribution in [0, 0.1) is 6.92 Å². The molecule has 3 heterocycles. The first-order chi connectivity index (χ1) is 8.33. The van der Waals surface area contributed by atoms with E-state index in [-0.39, 0.29) is 6.29 Å². The Labute approximate surface area is 109 Å². The van der Waals surface area contributed by atoms with Gasteiger partial charge in [0, 0.05) is 14.6 Å². The molecule has 17 heavy (non-hydrogen) atoms. The zero-order chi connectivity index (χ0) is 11.7. The van der Waals surface area contributed by atoms with E-state index in [9.17, 15) is 0 Å². The number of thiophene rings is 2. The second-order valence-electron chi connectivity index (χ2n) is 4.04. The highest BCUT2D eigenvalue weighted by molar-refractivity contribution is 7.22. The third-order valence-corrected chi connectivity index (χ3v) is 4.97. The molecule has 4 heteroatoms. The van der Waals surface area contributed by atoms with E-state index in [4.69, 9.17) is 9.47 Å². The maximum atomic E-state index is 5.61. The number of ether oxygens (including phenoxy) is 2. The molecular weight excluding hydrogens is 252 g/mol. The summed E-state index contributed by atoms with van der Waals surface area (Å²) in [4.78, 5) is 5.15. The monoisotopic (exact) mass is 266 g/mol. The number of rotatable bonds is 2. The molecule has 1 aliphatic heterocycles. The van der Waals surface area contributed by atoms with Gasteiger partial charge in [0.15, 0.2) is 6.29 Å². The molecule has 2 aromatic rings. The van der Waals surface area contributed by atoms with Crippen LogP contribution in [0.4, 0.5) is 0 Å². The Morgan fingerprint density at radius 3 is 2.41 bits per heavy atom. The molecule has 0 atom stereocenters. The van der Waals surface area contributed by atoms with Crippen molar-refractivity contribution in [1.29, 1.82) is 0 Å². The number of aryl methyl sites for hydroxylation is 1. The summed E-state index contributed by atoms with van der Waals surface area (Å²) in [7, 11) is 0. The molecule has 0 bridgehead atoms. The summed E-state index contributed by atoms with van der Waals surface area (Å²) in [5.74, 6) is 0. The van der Waals surface area contributed by atoms with Gasteiger partial charge in [-0.05, 0) is 37.6 Å². The lowest BCUT2D eigenvalue weighted by molar-refractivity contribution is -0.181. The van der Waals surface area contributed by atoms with Gasteiger partial charge in [0.05, 0.1) is 18.1 Å². The Bertz CT molecular complexity index is 495. The Morgan fingerprint density at radius 2 is 1.71 bits per heavy atom. The van der Waals surface area contributed by atoms with E-state index in [1.807, 2.05) is 11.3 Å². The molecule has 0 radical (unpaired) electrons. The minimum absolute atomic E-state index is 0.149. The summed E-state index contributed by atoms with van der Waals surface area (Å²) in [5.41, 5.74) is 0. The lowest BCUT2D eigenvalue weighted by Crippen LogP contribution is -2.16. The van der Waals surface area contributed by atoms with Crippen molar-refractivity contribution in [1.82, 2.24) is 0 Å².